The van der Waals surface area contributed by atoms with E-state index in [4.69, 9.17) is 4.74 Å². The molecule has 2 bridgehead atoms. The van der Waals surface area contributed by atoms with E-state index in [2.05, 4.69) is 12.2 Å². The molecule has 4 atom stereocenters. The minimum absolute atomic E-state index is 0.0654. The van der Waals surface area contributed by atoms with E-state index in [1.54, 1.807) is 36.4 Å². The summed E-state index contributed by atoms with van der Waals surface area (Å²) in [7, 11) is 0. The number of carbonyl (C=O) groups is 3. The first-order valence-electron chi connectivity index (χ1n) is 9.51. The number of imide groups is 1. The van der Waals surface area contributed by atoms with Gasteiger partial charge in [-0.15, -0.1) is 0 Å². The van der Waals surface area contributed by atoms with Crippen molar-refractivity contribution in [2.45, 2.75) is 6.42 Å². The molecule has 0 radical (unpaired) electrons. The minimum atomic E-state index is -0.207. The number of hydrogen-bond donors (Lipinski definition) is 0. The summed E-state index contributed by atoms with van der Waals surface area (Å²) in [5.74, 6) is 0.203. The van der Waals surface area contributed by atoms with Crippen LogP contribution in [-0.2, 0) is 9.59 Å². The fourth-order valence-corrected chi connectivity index (χ4v) is 4.70. The van der Waals surface area contributed by atoms with E-state index in [0.717, 1.165) is 6.42 Å². The molecule has 2 aromatic carbocycles. The average molecular weight is 373 g/mol. The predicted molar refractivity (Wildman–Crippen MR) is 103 cm³/mol. The van der Waals surface area contributed by atoms with Gasteiger partial charge in [0.15, 0.2) is 12.4 Å². The third kappa shape index (κ3) is 2.58. The summed E-state index contributed by atoms with van der Waals surface area (Å²) in [5.41, 5.74) is 1.16. The fourth-order valence-electron chi connectivity index (χ4n) is 4.70. The van der Waals surface area contributed by atoms with Crippen LogP contribution in [0.25, 0.3) is 0 Å². The number of fused-ring (bicyclic) bond motifs is 5. The molecule has 0 aromatic heterocycles. The highest BCUT2D eigenvalue weighted by Gasteiger charge is 2.59. The molecule has 0 unspecified atom stereocenters. The van der Waals surface area contributed by atoms with Gasteiger partial charge in [0.2, 0.25) is 11.8 Å². The number of rotatable bonds is 5. The van der Waals surface area contributed by atoms with Gasteiger partial charge in [-0.25, -0.2) is 0 Å². The molecule has 2 fully saturated rings. The third-order valence-corrected chi connectivity index (χ3v) is 6.03. The third-order valence-electron chi connectivity index (χ3n) is 6.03. The molecule has 1 saturated carbocycles. The van der Waals surface area contributed by atoms with Gasteiger partial charge in [-0.05, 0) is 42.5 Å². The number of carbonyl (C=O) groups excluding carboxylic acids is 3. The Kier molecular flexibility index (Phi) is 3.90. The van der Waals surface area contributed by atoms with Crippen LogP contribution in [0.2, 0.25) is 0 Å². The molecule has 1 saturated heterocycles. The number of benzene rings is 2. The maximum atomic E-state index is 12.8. The highest BCUT2D eigenvalue weighted by molar-refractivity contribution is 6.22. The van der Waals surface area contributed by atoms with Crippen LogP contribution in [-0.4, -0.2) is 24.2 Å². The highest BCUT2D eigenvalue weighted by Crippen LogP contribution is 2.53. The second-order valence-corrected chi connectivity index (χ2v) is 7.58. The summed E-state index contributed by atoms with van der Waals surface area (Å²) >= 11 is 0. The van der Waals surface area contributed by atoms with Crippen LogP contribution in [0, 0.1) is 23.7 Å². The molecule has 2 aliphatic carbocycles. The summed E-state index contributed by atoms with van der Waals surface area (Å²) in [6.07, 6.45) is 5.09. The minimum Gasteiger partial charge on any atom is -0.485 e. The number of anilines is 1. The highest BCUT2D eigenvalue weighted by atomic mass is 16.5. The van der Waals surface area contributed by atoms with Gasteiger partial charge in [-0.1, -0.05) is 42.5 Å². The number of nitrogens with zero attached hydrogens (tertiary/aromatic N) is 1. The van der Waals surface area contributed by atoms with E-state index in [0.29, 0.717) is 17.0 Å². The quantitative estimate of drug-likeness (QED) is 0.458. The normalized spacial score (nSPS) is 27.4. The number of ketones is 1. The lowest BCUT2D eigenvalue weighted by atomic mass is 9.85. The van der Waals surface area contributed by atoms with Crippen LogP contribution in [0.5, 0.6) is 5.75 Å². The largest absolute Gasteiger partial charge is 0.485 e. The van der Waals surface area contributed by atoms with Crippen molar-refractivity contribution in [3.8, 4) is 5.75 Å². The Morgan fingerprint density at radius 1 is 0.893 bits per heavy atom. The van der Waals surface area contributed by atoms with Crippen molar-refractivity contribution in [3.63, 3.8) is 0 Å². The number of amides is 2. The van der Waals surface area contributed by atoms with E-state index in [-0.39, 0.29) is 47.9 Å². The Balaban J connectivity index is 1.28. The van der Waals surface area contributed by atoms with E-state index in [1.807, 2.05) is 18.2 Å². The monoisotopic (exact) mass is 373 g/mol. The summed E-state index contributed by atoms with van der Waals surface area (Å²) in [4.78, 5) is 39.1. The van der Waals surface area contributed by atoms with Crippen LogP contribution in [0.15, 0.2) is 66.7 Å². The molecule has 3 aliphatic rings. The van der Waals surface area contributed by atoms with Gasteiger partial charge in [0.25, 0.3) is 0 Å². The lowest BCUT2D eigenvalue weighted by Gasteiger charge is -2.17. The predicted octanol–water partition coefficient (Wildman–Crippen LogP) is 3.26. The molecule has 5 rings (SSSR count). The van der Waals surface area contributed by atoms with Crippen LogP contribution in [0.3, 0.4) is 0 Å². The number of hydrogen-bond acceptors (Lipinski definition) is 4. The first kappa shape index (κ1) is 16.9. The molecule has 1 aliphatic heterocycles. The van der Waals surface area contributed by atoms with E-state index < -0.39 is 0 Å². The van der Waals surface area contributed by atoms with Gasteiger partial charge in [0, 0.05) is 5.56 Å². The van der Waals surface area contributed by atoms with Crippen molar-refractivity contribution in [1.29, 1.82) is 0 Å². The van der Waals surface area contributed by atoms with E-state index in [1.165, 1.54) is 4.90 Å². The zero-order valence-electron chi connectivity index (χ0n) is 15.2. The van der Waals surface area contributed by atoms with Crippen molar-refractivity contribution in [2.24, 2.45) is 23.7 Å². The Labute approximate surface area is 162 Å². The van der Waals surface area contributed by atoms with Crippen molar-refractivity contribution in [2.75, 3.05) is 11.5 Å². The molecular formula is C23H19NO4. The fraction of sp³-hybridized carbons (Fsp3) is 0.261. The van der Waals surface area contributed by atoms with Crippen molar-refractivity contribution >= 4 is 23.3 Å². The Hall–Kier alpha value is -3.21. The molecule has 28 heavy (non-hydrogen) atoms. The molecule has 5 heteroatoms. The summed E-state index contributed by atoms with van der Waals surface area (Å²) in [6, 6.07) is 15.8. The molecular weight excluding hydrogens is 354 g/mol. The lowest BCUT2D eigenvalue weighted by molar-refractivity contribution is -0.123. The van der Waals surface area contributed by atoms with Gasteiger partial charge < -0.3 is 4.74 Å². The van der Waals surface area contributed by atoms with Crippen LogP contribution in [0.1, 0.15) is 16.8 Å². The molecule has 2 aromatic rings. The molecule has 5 nitrogen and oxygen atoms in total. The average Bonchev–Trinajstić information content (AvgIpc) is 3.41. The second-order valence-electron chi connectivity index (χ2n) is 7.58. The summed E-state index contributed by atoms with van der Waals surface area (Å²) < 4.78 is 5.56. The number of Topliss-reactive ketones (excluding diaryl/α,β-unsaturated/α-hetero) is 1. The topological polar surface area (TPSA) is 63.7 Å². The zero-order chi connectivity index (χ0) is 19.3. The summed E-state index contributed by atoms with van der Waals surface area (Å²) in [6.45, 7) is -0.0654. The summed E-state index contributed by atoms with van der Waals surface area (Å²) in [5, 5.41) is 0. The number of allylic oxidation sites excluding steroid dienone is 2. The first-order chi connectivity index (χ1) is 13.6. The van der Waals surface area contributed by atoms with Crippen LogP contribution in [0.4, 0.5) is 5.69 Å². The van der Waals surface area contributed by atoms with Crippen molar-refractivity contribution in [3.05, 3.63) is 72.3 Å². The lowest BCUT2D eigenvalue weighted by Crippen LogP contribution is -2.32. The maximum absolute atomic E-state index is 12.8. The van der Waals surface area contributed by atoms with E-state index >= 15 is 0 Å². The van der Waals surface area contributed by atoms with Gasteiger partial charge in [0.1, 0.15) is 5.75 Å². The van der Waals surface area contributed by atoms with Crippen molar-refractivity contribution in [1.82, 2.24) is 0 Å². The molecule has 140 valence electrons. The molecule has 0 N–H and O–H groups in total. The Morgan fingerprint density at radius 3 is 2.11 bits per heavy atom. The Bertz CT molecular complexity index is 949. The smallest absolute Gasteiger partial charge is 0.238 e. The second kappa shape index (κ2) is 6.44. The molecule has 0 spiro atoms. The zero-order valence-corrected chi connectivity index (χ0v) is 15.2. The van der Waals surface area contributed by atoms with Crippen LogP contribution >= 0.6 is 0 Å². The van der Waals surface area contributed by atoms with Gasteiger partial charge >= 0.3 is 0 Å². The molecule has 2 amide bonds. The van der Waals surface area contributed by atoms with Gasteiger partial charge in [0.05, 0.1) is 17.5 Å². The number of ether oxygens (including phenoxy) is 1. The van der Waals surface area contributed by atoms with Gasteiger partial charge in [-0.3, -0.25) is 19.3 Å². The van der Waals surface area contributed by atoms with Crippen LogP contribution < -0.4 is 9.64 Å². The molecule has 1 heterocycles. The Morgan fingerprint density at radius 2 is 1.50 bits per heavy atom. The van der Waals surface area contributed by atoms with Gasteiger partial charge in [-0.2, -0.15) is 0 Å². The SMILES string of the molecule is O=C(COc1ccc(N2C(=O)[C@@H]3[C@H](C2=O)[C@H]2C=C[C@H]3C2)cc1)c1ccccc1. The standard InChI is InChI=1S/C23H19NO4/c25-19(14-4-2-1-3-5-14)13-28-18-10-8-17(9-11-18)24-22(26)20-15-6-7-16(12-15)21(20)23(24)27/h1-11,15-16,20-21H,12-13H2/t15-,16-,20-,21+/m0/s1. The van der Waals surface area contributed by atoms with Crippen molar-refractivity contribution < 1.29 is 19.1 Å². The first-order valence-corrected chi connectivity index (χ1v) is 9.51. The maximum Gasteiger partial charge on any atom is 0.238 e. The van der Waals surface area contributed by atoms with E-state index in [9.17, 15) is 14.4 Å².